The van der Waals surface area contributed by atoms with Crippen LogP contribution in [0.15, 0.2) is 48.5 Å². The molecule has 0 amide bonds. The third kappa shape index (κ3) is 3.86. The van der Waals surface area contributed by atoms with Crippen LogP contribution in [0.5, 0.6) is 11.5 Å². The molecule has 0 spiro atoms. The highest BCUT2D eigenvalue weighted by Crippen LogP contribution is 2.58. The van der Waals surface area contributed by atoms with Gasteiger partial charge in [0, 0.05) is 50.2 Å². The molecule has 5 rings (SSSR count). The van der Waals surface area contributed by atoms with Gasteiger partial charge in [-0.15, -0.1) is 0 Å². The number of hydrogen-bond donors (Lipinski definition) is 0. The number of ether oxygens (including phenoxy) is 3. The van der Waals surface area contributed by atoms with Crippen molar-refractivity contribution in [2.75, 3.05) is 50.2 Å². The lowest BCUT2D eigenvalue weighted by Gasteiger charge is -2.41. The Morgan fingerprint density at radius 3 is 1.89 bits per heavy atom. The Balaban J connectivity index is 1.55. The normalized spacial score (nSPS) is 20.5. The number of aryl methyl sites for hydroxylation is 1. The quantitative estimate of drug-likeness (QED) is 0.410. The summed E-state index contributed by atoms with van der Waals surface area (Å²) in [6, 6.07) is 17.1. The molecule has 1 atom stereocenters. The smallest absolute Gasteiger partial charge is 0.160 e. The van der Waals surface area contributed by atoms with Crippen molar-refractivity contribution in [3.05, 3.63) is 81.9 Å². The second-order valence-corrected chi connectivity index (χ2v) is 11.0. The lowest BCUT2D eigenvalue weighted by molar-refractivity contribution is -0.0920. The van der Waals surface area contributed by atoms with Gasteiger partial charge in [-0.1, -0.05) is 29.8 Å². The van der Waals surface area contributed by atoms with Gasteiger partial charge in [0.2, 0.25) is 0 Å². The summed E-state index contributed by atoms with van der Waals surface area (Å²) in [5, 5.41) is 0. The zero-order valence-corrected chi connectivity index (χ0v) is 23.6. The molecule has 3 aromatic rings. The zero-order chi connectivity index (χ0) is 26.5. The van der Waals surface area contributed by atoms with Crippen LogP contribution in [0.2, 0.25) is 0 Å². The molecule has 0 aliphatic carbocycles. The van der Waals surface area contributed by atoms with Gasteiger partial charge >= 0.3 is 0 Å². The average Bonchev–Trinajstić information content (AvgIpc) is 3.16. The number of methoxy groups -OCH3 is 2. The van der Waals surface area contributed by atoms with E-state index < -0.39 is 11.2 Å². The summed E-state index contributed by atoms with van der Waals surface area (Å²) in [6.45, 7) is 17.0. The molecule has 0 bridgehead atoms. The van der Waals surface area contributed by atoms with E-state index in [4.69, 9.17) is 14.2 Å². The molecule has 0 aromatic heterocycles. The number of benzene rings is 3. The SMILES string of the molecule is COc1ccc(N2CCN(c3c(C)c(C)c4c(c3C)C(OC)(c3ccc(C)cc3)C(C)(C)O4)CC2)cc1. The van der Waals surface area contributed by atoms with Gasteiger partial charge in [0.1, 0.15) is 17.1 Å². The van der Waals surface area contributed by atoms with E-state index in [9.17, 15) is 0 Å². The molecule has 37 heavy (non-hydrogen) atoms. The van der Waals surface area contributed by atoms with E-state index in [0.717, 1.165) is 43.2 Å². The number of anilines is 2. The fourth-order valence-electron chi connectivity index (χ4n) is 6.49. The molecule has 1 fully saturated rings. The molecule has 2 aliphatic rings. The van der Waals surface area contributed by atoms with Gasteiger partial charge in [-0.3, -0.25) is 0 Å². The first-order valence-corrected chi connectivity index (χ1v) is 13.2. The number of piperazine rings is 1. The minimum absolute atomic E-state index is 0.563. The second-order valence-electron chi connectivity index (χ2n) is 11.0. The maximum Gasteiger partial charge on any atom is 0.160 e. The van der Waals surface area contributed by atoms with E-state index in [1.165, 1.54) is 39.2 Å². The maximum atomic E-state index is 6.75. The Kier molecular flexibility index (Phi) is 6.39. The number of nitrogens with zero attached hydrogens (tertiary/aromatic N) is 2. The summed E-state index contributed by atoms with van der Waals surface area (Å²) in [5.41, 5.74) is 8.58. The summed E-state index contributed by atoms with van der Waals surface area (Å²) in [6.07, 6.45) is 0. The van der Waals surface area contributed by atoms with E-state index in [-0.39, 0.29) is 0 Å². The summed E-state index contributed by atoms with van der Waals surface area (Å²) in [5.74, 6) is 1.87. The number of rotatable bonds is 5. The third-order valence-corrected chi connectivity index (χ3v) is 8.57. The largest absolute Gasteiger partial charge is 0.497 e. The Bertz CT molecular complexity index is 1290. The van der Waals surface area contributed by atoms with Crippen molar-refractivity contribution in [2.45, 2.75) is 52.7 Å². The molecule has 5 heteroatoms. The van der Waals surface area contributed by atoms with Crippen LogP contribution in [0.25, 0.3) is 0 Å². The lowest BCUT2D eigenvalue weighted by Crippen LogP contribution is -2.49. The van der Waals surface area contributed by atoms with E-state index in [0.29, 0.717) is 0 Å². The van der Waals surface area contributed by atoms with Crippen LogP contribution in [0.4, 0.5) is 11.4 Å². The van der Waals surface area contributed by atoms with Crippen molar-refractivity contribution in [3.8, 4) is 11.5 Å². The monoisotopic (exact) mass is 500 g/mol. The van der Waals surface area contributed by atoms with Gasteiger partial charge in [-0.25, -0.2) is 0 Å². The number of hydrogen-bond acceptors (Lipinski definition) is 5. The molecule has 0 N–H and O–H groups in total. The first kappa shape index (κ1) is 25.5. The summed E-state index contributed by atoms with van der Waals surface area (Å²) in [7, 11) is 3.53. The highest BCUT2D eigenvalue weighted by molar-refractivity contribution is 5.73. The predicted octanol–water partition coefficient (Wildman–Crippen LogP) is 6.32. The molecule has 3 aromatic carbocycles. The Hall–Kier alpha value is -3.18. The first-order chi connectivity index (χ1) is 17.6. The fourth-order valence-corrected chi connectivity index (χ4v) is 6.49. The molecule has 2 aliphatic heterocycles. The van der Waals surface area contributed by atoms with Gasteiger partial charge in [-0.05, 0) is 88.1 Å². The van der Waals surface area contributed by atoms with Crippen LogP contribution in [0.1, 0.15) is 47.2 Å². The second kappa shape index (κ2) is 9.29. The van der Waals surface area contributed by atoms with Crippen LogP contribution in [0.3, 0.4) is 0 Å². The highest BCUT2D eigenvalue weighted by atomic mass is 16.6. The first-order valence-electron chi connectivity index (χ1n) is 13.2. The predicted molar refractivity (Wildman–Crippen MR) is 152 cm³/mol. The van der Waals surface area contributed by atoms with Crippen molar-refractivity contribution in [1.29, 1.82) is 0 Å². The Morgan fingerprint density at radius 2 is 1.32 bits per heavy atom. The van der Waals surface area contributed by atoms with Crippen LogP contribution < -0.4 is 19.3 Å². The summed E-state index contributed by atoms with van der Waals surface area (Å²) in [4.78, 5) is 5.01. The lowest BCUT2D eigenvalue weighted by atomic mass is 9.73. The summed E-state index contributed by atoms with van der Waals surface area (Å²) >= 11 is 0. The van der Waals surface area contributed by atoms with Crippen molar-refractivity contribution in [2.24, 2.45) is 0 Å². The minimum atomic E-state index is -0.696. The third-order valence-electron chi connectivity index (χ3n) is 8.57. The van der Waals surface area contributed by atoms with E-state index in [1.54, 1.807) is 7.11 Å². The molecule has 1 unspecified atom stereocenters. The van der Waals surface area contributed by atoms with Gasteiger partial charge in [0.15, 0.2) is 5.60 Å². The van der Waals surface area contributed by atoms with Gasteiger partial charge < -0.3 is 24.0 Å². The van der Waals surface area contributed by atoms with Gasteiger partial charge in [0.25, 0.3) is 0 Å². The van der Waals surface area contributed by atoms with Gasteiger partial charge in [0.05, 0.1) is 7.11 Å². The maximum absolute atomic E-state index is 6.75. The molecule has 0 radical (unpaired) electrons. The van der Waals surface area contributed by atoms with E-state index in [1.807, 2.05) is 19.2 Å². The van der Waals surface area contributed by atoms with E-state index in [2.05, 4.69) is 87.7 Å². The van der Waals surface area contributed by atoms with Crippen LogP contribution in [0, 0.1) is 27.7 Å². The average molecular weight is 501 g/mol. The zero-order valence-electron chi connectivity index (χ0n) is 23.6. The van der Waals surface area contributed by atoms with Gasteiger partial charge in [-0.2, -0.15) is 0 Å². The summed E-state index contributed by atoms with van der Waals surface area (Å²) < 4.78 is 18.6. The van der Waals surface area contributed by atoms with Crippen LogP contribution in [-0.2, 0) is 10.3 Å². The molecule has 196 valence electrons. The highest BCUT2D eigenvalue weighted by Gasteiger charge is 2.58. The van der Waals surface area contributed by atoms with Crippen molar-refractivity contribution in [3.63, 3.8) is 0 Å². The Labute approximate surface area is 222 Å². The standard InChI is InChI=1S/C32H40N2O3/c1-21-9-11-25(12-10-21)32(36-8)28-24(4)29(22(2)23(3)30(28)37-31(32,5)6)34-19-17-33(18-20-34)26-13-15-27(35-7)16-14-26/h9-16H,17-20H2,1-8H3. The topological polar surface area (TPSA) is 34.2 Å². The molecular formula is C32H40N2O3. The molecule has 2 heterocycles. The molecular weight excluding hydrogens is 460 g/mol. The number of fused-ring (bicyclic) bond motifs is 1. The molecule has 0 saturated carbocycles. The molecule has 5 nitrogen and oxygen atoms in total. The Morgan fingerprint density at radius 1 is 0.730 bits per heavy atom. The van der Waals surface area contributed by atoms with Crippen molar-refractivity contribution >= 4 is 11.4 Å². The molecule has 1 saturated heterocycles. The minimum Gasteiger partial charge on any atom is -0.497 e. The van der Waals surface area contributed by atoms with Crippen molar-refractivity contribution in [1.82, 2.24) is 0 Å². The fraction of sp³-hybridized carbons (Fsp3) is 0.438. The van der Waals surface area contributed by atoms with E-state index >= 15 is 0 Å². The van der Waals surface area contributed by atoms with Crippen molar-refractivity contribution < 1.29 is 14.2 Å². The van der Waals surface area contributed by atoms with Crippen LogP contribution >= 0.6 is 0 Å². The van der Waals surface area contributed by atoms with Crippen LogP contribution in [-0.4, -0.2) is 46.0 Å².